The molecule has 1 heterocycles. The lowest BCUT2D eigenvalue weighted by atomic mass is 10.1. The van der Waals surface area contributed by atoms with Crippen molar-refractivity contribution in [2.24, 2.45) is 0 Å². The fraction of sp³-hybridized carbons (Fsp3) is 0.588. The number of halogens is 1. The highest BCUT2D eigenvalue weighted by Crippen LogP contribution is 2.13. The summed E-state index contributed by atoms with van der Waals surface area (Å²) in [5.74, 6) is -0.192. The molecule has 1 amide bonds. The molecule has 1 aliphatic heterocycles. The molecule has 3 N–H and O–H groups in total. The van der Waals surface area contributed by atoms with Gasteiger partial charge in [-0.25, -0.2) is 13.1 Å². The summed E-state index contributed by atoms with van der Waals surface area (Å²) in [6.45, 7) is 10.7. The van der Waals surface area contributed by atoms with E-state index in [1.807, 2.05) is 0 Å². The third-order valence-electron chi connectivity index (χ3n) is 3.79. The highest BCUT2D eigenvalue weighted by Gasteiger charge is 2.22. The van der Waals surface area contributed by atoms with Crippen LogP contribution < -0.4 is 15.4 Å². The van der Waals surface area contributed by atoms with Crippen LogP contribution in [0, 0.1) is 0 Å². The van der Waals surface area contributed by atoms with E-state index in [0.717, 1.165) is 32.7 Å². The molecule has 2 rings (SSSR count). The van der Waals surface area contributed by atoms with Gasteiger partial charge in [0, 0.05) is 50.4 Å². The lowest BCUT2D eigenvalue weighted by Crippen LogP contribution is -2.46. The zero-order valence-corrected chi connectivity index (χ0v) is 17.2. The Morgan fingerprint density at radius 3 is 2.27 bits per heavy atom. The number of carbonyl (C=O) groups is 1. The van der Waals surface area contributed by atoms with Gasteiger partial charge in [-0.1, -0.05) is 0 Å². The van der Waals surface area contributed by atoms with Gasteiger partial charge in [0.25, 0.3) is 5.91 Å². The highest BCUT2D eigenvalue weighted by atomic mass is 35.5. The number of nitrogens with one attached hydrogen (secondary N) is 3. The third kappa shape index (κ3) is 7.20. The van der Waals surface area contributed by atoms with Gasteiger partial charge in [0.2, 0.25) is 10.0 Å². The Bertz CT molecular complexity index is 681. The fourth-order valence-electron chi connectivity index (χ4n) is 2.61. The molecular formula is C17H29ClN4O3S. The number of carbonyl (C=O) groups excluding carboxylic acids is 1. The normalized spacial score (nSPS) is 16.0. The van der Waals surface area contributed by atoms with E-state index in [0.29, 0.717) is 12.1 Å². The number of amides is 1. The zero-order valence-electron chi connectivity index (χ0n) is 15.5. The van der Waals surface area contributed by atoms with Crippen LogP contribution in [0.2, 0.25) is 0 Å². The standard InChI is InChI=1S/C17H28N4O3S.ClH/c1-17(2,3)20-25(23,24)15-6-4-14(5-7-15)16(22)19-10-13-21-11-8-18-9-12-21;/h4-7,18,20H,8-13H2,1-3H3,(H,19,22);1H. The van der Waals surface area contributed by atoms with Gasteiger partial charge in [-0.05, 0) is 45.0 Å². The monoisotopic (exact) mass is 404 g/mol. The molecule has 26 heavy (non-hydrogen) atoms. The Morgan fingerprint density at radius 2 is 1.73 bits per heavy atom. The van der Waals surface area contributed by atoms with Gasteiger partial charge in [-0.15, -0.1) is 12.4 Å². The lowest BCUT2D eigenvalue weighted by molar-refractivity contribution is 0.0947. The molecule has 7 nitrogen and oxygen atoms in total. The van der Waals surface area contributed by atoms with Crippen molar-refractivity contribution < 1.29 is 13.2 Å². The van der Waals surface area contributed by atoms with E-state index in [9.17, 15) is 13.2 Å². The third-order valence-corrected chi connectivity index (χ3v) is 5.56. The summed E-state index contributed by atoms with van der Waals surface area (Å²) in [5, 5.41) is 6.16. The maximum absolute atomic E-state index is 12.3. The van der Waals surface area contributed by atoms with Crippen LogP contribution in [0.25, 0.3) is 0 Å². The Balaban J connectivity index is 0.00000338. The molecule has 0 unspecified atom stereocenters. The largest absolute Gasteiger partial charge is 0.351 e. The van der Waals surface area contributed by atoms with E-state index in [4.69, 9.17) is 0 Å². The minimum atomic E-state index is -3.59. The molecule has 0 aliphatic carbocycles. The maximum atomic E-state index is 12.3. The minimum Gasteiger partial charge on any atom is -0.351 e. The molecule has 0 bridgehead atoms. The number of nitrogens with zero attached hydrogens (tertiary/aromatic N) is 1. The number of hydrogen-bond donors (Lipinski definition) is 3. The lowest BCUT2D eigenvalue weighted by Gasteiger charge is -2.27. The molecule has 0 radical (unpaired) electrons. The predicted octanol–water partition coefficient (Wildman–Crippen LogP) is 0.820. The summed E-state index contributed by atoms with van der Waals surface area (Å²) in [4.78, 5) is 14.6. The van der Waals surface area contributed by atoms with E-state index in [2.05, 4.69) is 20.3 Å². The van der Waals surface area contributed by atoms with Crippen molar-refractivity contribution in [2.45, 2.75) is 31.2 Å². The summed E-state index contributed by atoms with van der Waals surface area (Å²) in [7, 11) is -3.59. The second kappa shape index (κ2) is 9.66. The van der Waals surface area contributed by atoms with E-state index >= 15 is 0 Å². The van der Waals surface area contributed by atoms with Crippen LogP contribution in [0.3, 0.4) is 0 Å². The number of hydrogen-bond acceptors (Lipinski definition) is 5. The van der Waals surface area contributed by atoms with Crippen LogP contribution in [0.15, 0.2) is 29.2 Å². The molecule has 0 atom stereocenters. The SMILES string of the molecule is CC(C)(C)NS(=O)(=O)c1ccc(C(=O)NCCN2CCNCC2)cc1.Cl. The second-order valence-electron chi connectivity index (χ2n) is 7.23. The van der Waals surface area contributed by atoms with Crippen LogP contribution >= 0.6 is 12.4 Å². The van der Waals surface area contributed by atoms with Gasteiger partial charge < -0.3 is 10.6 Å². The van der Waals surface area contributed by atoms with Crippen molar-refractivity contribution in [3.05, 3.63) is 29.8 Å². The van der Waals surface area contributed by atoms with E-state index in [-0.39, 0.29) is 23.2 Å². The van der Waals surface area contributed by atoms with Gasteiger partial charge in [-0.3, -0.25) is 9.69 Å². The fourth-order valence-corrected chi connectivity index (χ4v) is 4.03. The van der Waals surface area contributed by atoms with Crippen molar-refractivity contribution in [1.29, 1.82) is 0 Å². The van der Waals surface area contributed by atoms with Crippen LogP contribution in [0.4, 0.5) is 0 Å². The first kappa shape index (κ1) is 22.9. The average molecular weight is 405 g/mol. The Labute approximate surface area is 162 Å². The van der Waals surface area contributed by atoms with Gasteiger partial charge in [0.1, 0.15) is 0 Å². The summed E-state index contributed by atoms with van der Waals surface area (Å²) in [6, 6.07) is 5.99. The van der Waals surface area contributed by atoms with E-state index < -0.39 is 15.6 Å². The van der Waals surface area contributed by atoms with Crippen LogP contribution in [0.1, 0.15) is 31.1 Å². The smallest absolute Gasteiger partial charge is 0.251 e. The Hall–Kier alpha value is -1.19. The molecular weight excluding hydrogens is 376 g/mol. The first-order valence-corrected chi connectivity index (χ1v) is 10.0. The molecule has 1 saturated heterocycles. The average Bonchev–Trinajstić information content (AvgIpc) is 2.54. The van der Waals surface area contributed by atoms with Crippen LogP contribution in [-0.2, 0) is 10.0 Å². The van der Waals surface area contributed by atoms with Crippen LogP contribution in [-0.4, -0.2) is 64.0 Å². The number of benzene rings is 1. The van der Waals surface area contributed by atoms with E-state index in [1.54, 1.807) is 20.8 Å². The van der Waals surface area contributed by atoms with Crippen molar-refractivity contribution in [3.63, 3.8) is 0 Å². The topological polar surface area (TPSA) is 90.5 Å². The van der Waals surface area contributed by atoms with Gasteiger partial charge in [-0.2, -0.15) is 0 Å². The molecule has 1 aliphatic rings. The van der Waals surface area contributed by atoms with Gasteiger partial charge in [0.05, 0.1) is 4.90 Å². The summed E-state index contributed by atoms with van der Waals surface area (Å²) >= 11 is 0. The van der Waals surface area contributed by atoms with Gasteiger partial charge in [0.15, 0.2) is 0 Å². The Kier molecular flexibility index (Phi) is 8.49. The second-order valence-corrected chi connectivity index (χ2v) is 8.91. The molecule has 1 fully saturated rings. The van der Waals surface area contributed by atoms with Crippen molar-refractivity contribution in [2.75, 3.05) is 39.3 Å². The van der Waals surface area contributed by atoms with Crippen molar-refractivity contribution in [1.82, 2.24) is 20.3 Å². The highest BCUT2D eigenvalue weighted by molar-refractivity contribution is 7.89. The quantitative estimate of drug-likeness (QED) is 0.653. The molecule has 0 aromatic heterocycles. The first-order chi connectivity index (χ1) is 11.7. The number of sulfonamides is 1. The molecule has 1 aromatic carbocycles. The van der Waals surface area contributed by atoms with Crippen molar-refractivity contribution >= 4 is 28.3 Å². The Morgan fingerprint density at radius 1 is 1.15 bits per heavy atom. The summed E-state index contributed by atoms with van der Waals surface area (Å²) in [5.41, 5.74) is -0.103. The summed E-state index contributed by atoms with van der Waals surface area (Å²) in [6.07, 6.45) is 0. The van der Waals surface area contributed by atoms with Gasteiger partial charge >= 0.3 is 0 Å². The molecule has 0 spiro atoms. The van der Waals surface area contributed by atoms with Crippen molar-refractivity contribution in [3.8, 4) is 0 Å². The first-order valence-electron chi connectivity index (χ1n) is 8.53. The zero-order chi connectivity index (χ0) is 18.5. The van der Waals surface area contributed by atoms with Crippen LogP contribution in [0.5, 0.6) is 0 Å². The predicted molar refractivity (Wildman–Crippen MR) is 105 cm³/mol. The molecule has 1 aromatic rings. The maximum Gasteiger partial charge on any atom is 0.251 e. The molecule has 0 saturated carbocycles. The molecule has 148 valence electrons. The van der Waals surface area contributed by atoms with E-state index in [1.165, 1.54) is 24.3 Å². The number of rotatable bonds is 6. The number of piperazine rings is 1. The summed E-state index contributed by atoms with van der Waals surface area (Å²) < 4.78 is 27.1. The molecule has 9 heteroatoms. The minimum absolute atomic E-state index is 0.